The first-order valence-electron chi connectivity index (χ1n) is 4.29. The van der Waals surface area contributed by atoms with Crippen LogP contribution in [0.2, 0.25) is 0 Å². The molecule has 6 N–H and O–H groups in total. The Bertz CT molecular complexity index is 315. The fourth-order valence-electron chi connectivity index (χ4n) is 1.11. The van der Waals surface area contributed by atoms with E-state index in [1.54, 1.807) is 19.2 Å². The zero-order valence-electron chi connectivity index (χ0n) is 8.08. The number of nitrogens with two attached hydrogens (primary N) is 2. The number of ether oxygens (including phenoxy) is 1. The van der Waals surface area contributed by atoms with E-state index in [1.807, 2.05) is 0 Å². The SMILES string of the molecule is CNc1cc(N)c(OCCO)cc1N. The highest BCUT2D eigenvalue weighted by molar-refractivity contribution is 5.75. The third-order valence-electron chi connectivity index (χ3n) is 1.80. The molecule has 0 aliphatic rings. The Morgan fingerprint density at radius 1 is 1.36 bits per heavy atom. The second-order valence-corrected chi connectivity index (χ2v) is 2.80. The van der Waals surface area contributed by atoms with E-state index in [2.05, 4.69) is 5.32 Å². The molecule has 0 heterocycles. The van der Waals surface area contributed by atoms with Gasteiger partial charge in [-0.2, -0.15) is 0 Å². The molecule has 0 fully saturated rings. The number of hydrogen-bond donors (Lipinski definition) is 4. The van der Waals surface area contributed by atoms with E-state index in [0.717, 1.165) is 5.69 Å². The molecule has 0 aliphatic heterocycles. The molecule has 0 spiro atoms. The fourth-order valence-corrected chi connectivity index (χ4v) is 1.11. The van der Waals surface area contributed by atoms with Crippen molar-refractivity contribution in [1.82, 2.24) is 0 Å². The maximum absolute atomic E-state index is 8.58. The summed E-state index contributed by atoms with van der Waals surface area (Å²) in [7, 11) is 1.76. The molecule has 0 amide bonds. The Balaban J connectivity index is 2.90. The van der Waals surface area contributed by atoms with Crippen molar-refractivity contribution >= 4 is 17.1 Å². The van der Waals surface area contributed by atoms with Gasteiger partial charge in [0.15, 0.2) is 0 Å². The highest BCUT2D eigenvalue weighted by atomic mass is 16.5. The molecule has 0 unspecified atom stereocenters. The van der Waals surface area contributed by atoms with Gasteiger partial charge in [-0.25, -0.2) is 0 Å². The van der Waals surface area contributed by atoms with Gasteiger partial charge in [-0.1, -0.05) is 0 Å². The molecule has 14 heavy (non-hydrogen) atoms. The van der Waals surface area contributed by atoms with Crippen LogP contribution in [0.5, 0.6) is 5.75 Å². The standard InChI is InChI=1S/C9H15N3O2/c1-12-8-4-7(11)9(5-6(8)10)14-3-2-13/h4-5,12-13H,2-3,10-11H2,1H3. The van der Waals surface area contributed by atoms with Crippen LogP contribution in [0.4, 0.5) is 17.1 Å². The topological polar surface area (TPSA) is 93.5 Å². The first-order chi connectivity index (χ1) is 6.69. The van der Waals surface area contributed by atoms with E-state index in [9.17, 15) is 0 Å². The minimum absolute atomic E-state index is 0.0485. The van der Waals surface area contributed by atoms with E-state index in [0.29, 0.717) is 17.1 Å². The molecule has 0 saturated heterocycles. The van der Waals surface area contributed by atoms with Crippen LogP contribution in [0.3, 0.4) is 0 Å². The predicted molar refractivity (Wildman–Crippen MR) is 57.4 cm³/mol. The van der Waals surface area contributed by atoms with Crippen LogP contribution in [0.25, 0.3) is 0 Å². The average molecular weight is 197 g/mol. The van der Waals surface area contributed by atoms with E-state index in [-0.39, 0.29) is 13.2 Å². The quantitative estimate of drug-likeness (QED) is 0.520. The number of anilines is 3. The van der Waals surface area contributed by atoms with Gasteiger partial charge in [0, 0.05) is 13.1 Å². The molecule has 1 aromatic rings. The van der Waals surface area contributed by atoms with Gasteiger partial charge >= 0.3 is 0 Å². The Kier molecular flexibility index (Phi) is 3.41. The Hall–Kier alpha value is -1.62. The second kappa shape index (κ2) is 4.57. The first-order valence-corrected chi connectivity index (χ1v) is 4.29. The van der Waals surface area contributed by atoms with Crippen LogP contribution in [0, 0.1) is 0 Å². The normalized spacial score (nSPS) is 9.86. The number of rotatable bonds is 4. The number of nitrogens with one attached hydrogen (secondary N) is 1. The minimum atomic E-state index is -0.0485. The summed E-state index contributed by atoms with van der Waals surface area (Å²) in [6, 6.07) is 3.33. The summed E-state index contributed by atoms with van der Waals surface area (Å²) in [5.74, 6) is 0.496. The van der Waals surface area contributed by atoms with Crippen molar-refractivity contribution in [1.29, 1.82) is 0 Å². The van der Waals surface area contributed by atoms with Crippen LogP contribution in [0.15, 0.2) is 12.1 Å². The summed E-state index contributed by atoms with van der Waals surface area (Å²) in [6.45, 7) is 0.162. The highest BCUT2D eigenvalue weighted by Crippen LogP contribution is 2.30. The van der Waals surface area contributed by atoms with Gasteiger partial charge in [0.1, 0.15) is 12.4 Å². The third-order valence-corrected chi connectivity index (χ3v) is 1.80. The van der Waals surface area contributed by atoms with Gasteiger partial charge < -0.3 is 26.6 Å². The Morgan fingerprint density at radius 2 is 2.07 bits per heavy atom. The molecule has 78 valence electrons. The molecule has 0 saturated carbocycles. The molecular formula is C9H15N3O2. The van der Waals surface area contributed by atoms with Crippen molar-refractivity contribution in [3.63, 3.8) is 0 Å². The second-order valence-electron chi connectivity index (χ2n) is 2.80. The van der Waals surface area contributed by atoms with Crippen LogP contribution in [0.1, 0.15) is 0 Å². The van der Waals surface area contributed by atoms with Gasteiger partial charge in [0.2, 0.25) is 0 Å². The molecule has 1 rings (SSSR count). The maximum Gasteiger partial charge on any atom is 0.144 e. The number of benzene rings is 1. The molecule has 1 aromatic carbocycles. The predicted octanol–water partition coefficient (Wildman–Crippen LogP) is 0.264. The lowest BCUT2D eigenvalue weighted by molar-refractivity contribution is 0.202. The summed E-state index contributed by atoms with van der Waals surface area (Å²) in [6.07, 6.45) is 0. The smallest absolute Gasteiger partial charge is 0.144 e. The van der Waals surface area contributed by atoms with Crippen molar-refractivity contribution in [2.24, 2.45) is 0 Å². The number of hydrogen-bond acceptors (Lipinski definition) is 5. The Labute approximate surface area is 82.7 Å². The summed E-state index contributed by atoms with van der Waals surface area (Å²) in [4.78, 5) is 0. The lowest BCUT2D eigenvalue weighted by atomic mass is 10.2. The van der Waals surface area contributed by atoms with Crippen molar-refractivity contribution in [3.8, 4) is 5.75 Å². The number of nitrogen functional groups attached to an aromatic ring is 2. The van der Waals surface area contributed by atoms with Gasteiger partial charge in [0.05, 0.1) is 23.7 Å². The van der Waals surface area contributed by atoms with Crippen LogP contribution in [-0.4, -0.2) is 25.4 Å². The summed E-state index contributed by atoms with van der Waals surface area (Å²) in [5.41, 5.74) is 13.2. The largest absolute Gasteiger partial charge is 0.489 e. The molecule has 0 aliphatic carbocycles. The molecule has 0 radical (unpaired) electrons. The van der Waals surface area contributed by atoms with Gasteiger partial charge in [0.25, 0.3) is 0 Å². The molecule has 0 aromatic heterocycles. The maximum atomic E-state index is 8.58. The lowest BCUT2D eigenvalue weighted by Gasteiger charge is -2.11. The van der Waals surface area contributed by atoms with Crippen LogP contribution < -0.4 is 21.5 Å². The van der Waals surface area contributed by atoms with Crippen molar-refractivity contribution in [3.05, 3.63) is 12.1 Å². The lowest BCUT2D eigenvalue weighted by Crippen LogP contribution is -2.05. The summed E-state index contributed by atoms with van der Waals surface area (Å²) >= 11 is 0. The van der Waals surface area contributed by atoms with E-state index < -0.39 is 0 Å². The summed E-state index contributed by atoms with van der Waals surface area (Å²) in [5, 5.41) is 11.5. The van der Waals surface area contributed by atoms with Gasteiger partial charge in [-0.15, -0.1) is 0 Å². The highest BCUT2D eigenvalue weighted by Gasteiger charge is 2.05. The average Bonchev–Trinajstić information content (AvgIpc) is 2.18. The molecule has 5 nitrogen and oxygen atoms in total. The van der Waals surface area contributed by atoms with E-state index >= 15 is 0 Å². The van der Waals surface area contributed by atoms with Crippen molar-refractivity contribution in [2.45, 2.75) is 0 Å². The van der Waals surface area contributed by atoms with Crippen molar-refractivity contribution in [2.75, 3.05) is 37.0 Å². The van der Waals surface area contributed by atoms with E-state index in [1.165, 1.54) is 0 Å². The van der Waals surface area contributed by atoms with Gasteiger partial charge in [-0.3, -0.25) is 0 Å². The number of aliphatic hydroxyl groups is 1. The zero-order valence-corrected chi connectivity index (χ0v) is 8.08. The van der Waals surface area contributed by atoms with Crippen LogP contribution >= 0.6 is 0 Å². The number of aliphatic hydroxyl groups excluding tert-OH is 1. The zero-order chi connectivity index (χ0) is 10.6. The molecule has 5 heteroatoms. The van der Waals surface area contributed by atoms with Crippen LogP contribution in [-0.2, 0) is 0 Å². The summed E-state index contributed by atoms with van der Waals surface area (Å²) < 4.78 is 5.18. The Morgan fingerprint density at radius 3 is 2.64 bits per heavy atom. The third kappa shape index (κ3) is 2.20. The first kappa shape index (κ1) is 10.5. The molecular weight excluding hydrogens is 182 g/mol. The van der Waals surface area contributed by atoms with E-state index in [4.69, 9.17) is 21.3 Å². The van der Waals surface area contributed by atoms with Crippen molar-refractivity contribution < 1.29 is 9.84 Å². The van der Waals surface area contributed by atoms with Gasteiger partial charge in [-0.05, 0) is 6.07 Å². The monoisotopic (exact) mass is 197 g/mol. The molecule has 0 atom stereocenters. The molecule has 0 bridgehead atoms. The minimum Gasteiger partial charge on any atom is -0.489 e. The fraction of sp³-hybridized carbons (Fsp3) is 0.333.